The first kappa shape index (κ1) is 17.2. The predicted octanol–water partition coefficient (Wildman–Crippen LogP) is 2.78. The van der Waals surface area contributed by atoms with Crippen LogP contribution in [0.1, 0.15) is 24.0 Å². The Morgan fingerprint density at radius 3 is 3.00 bits per heavy atom. The second-order valence-electron chi connectivity index (χ2n) is 6.73. The summed E-state index contributed by atoms with van der Waals surface area (Å²) in [6.45, 7) is 1.74. The second-order valence-corrected chi connectivity index (χ2v) is 6.73. The Labute approximate surface area is 148 Å². The van der Waals surface area contributed by atoms with E-state index in [1.807, 2.05) is 24.3 Å². The molecular formula is C20H23N3O2. The molecule has 1 atom stereocenters. The van der Waals surface area contributed by atoms with Gasteiger partial charge in [-0.3, -0.25) is 0 Å². The highest BCUT2D eigenvalue weighted by Gasteiger charge is 2.35. The fourth-order valence-electron chi connectivity index (χ4n) is 3.61. The monoisotopic (exact) mass is 337 g/mol. The van der Waals surface area contributed by atoms with E-state index in [9.17, 15) is 5.11 Å². The van der Waals surface area contributed by atoms with Crippen molar-refractivity contribution in [1.82, 2.24) is 4.98 Å². The van der Waals surface area contributed by atoms with Crippen molar-refractivity contribution < 1.29 is 9.84 Å². The van der Waals surface area contributed by atoms with Gasteiger partial charge in [-0.05, 0) is 49.1 Å². The number of hydrogen-bond acceptors (Lipinski definition) is 5. The third kappa shape index (κ3) is 3.92. The van der Waals surface area contributed by atoms with Crippen molar-refractivity contribution in [3.8, 4) is 11.8 Å². The van der Waals surface area contributed by atoms with E-state index in [0.717, 1.165) is 49.5 Å². The average Bonchev–Trinajstić information content (AvgIpc) is 2.68. The van der Waals surface area contributed by atoms with Crippen molar-refractivity contribution in [2.24, 2.45) is 5.41 Å². The lowest BCUT2D eigenvalue weighted by Crippen LogP contribution is -2.47. The molecule has 1 aromatic carbocycles. The number of aliphatic hydroxyl groups is 1. The minimum atomic E-state index is -0.213. The maximum absolute atomic E-state index is 10.2. The SMILES string of the molecule is COc1cccc(C[C@@]2(CO)CCCN(c3cc(C#N)ccn3)C2)c1. The number of pyridine rings is 1. The molecule has 0 radical (unpaired) electrons. The van der Waals surface area contributed by atoms with Crippen LogP contribution in [0.15, 0.2) is 42.6 Å². The zero-order chi connectivity index (χ0) is 17.7. The fourth-order valence-corrected chi connectivity index (χ4v) is 3.61. The van der Waals surface area contributed by atoms with E-state index >= 15 is 0 Å². The van der Waals surface area contributed by atoms with Crippen molar-refractivity contribution in [3.05, 3.63) is 53.7 Å². The van der Waals surface area contributed by atoms with Crippen LogP contribution in [0, 0.1) is 16.7 Å². The van der Waals surface area contributed by atoms with E-state index in [1.54, 1.807) is 19.4 Å². The summed E-state index contributed by atoms with van der Waals surface area (Å²) in [5, 5.41) is 19.3. The number of benzene rings is 1. The fraction of sp³-hybridized carbons (Fsp3) is 0.400. The number of ether oxygens (including phenoxy) is 1. The average molecular weight is 337 g/mol. The number of anilines is 1. The predicted molar refractivity (Wildman–Crippen MR) is 96.6 cm³/mol. The molecule has 0 saturated carbocycles. The maximum Gasteiger partial charge on any atom is 0.129 e. The van der Waals surface area contributed by atoms with Crippen LogP contribution >= 0.6 is 0 Å². The number of methoxy groups -OCH3 is 1. The molecule has 0 bridgehead atoms. The van der Waals surface area contributed by atoms with Crippen molar-refractivity contribution in [2.45, 2.75) is 19.3 Å². The van der Waals surface area contributed by atoms with E-state index in [1.165, 1.54) is 0 Å². The molecule has 1 fully saturated rings. The number of rotatable bonds is 5. The van der Waals surface area contributed by atoms with E-state index in [2.05, 4.69) is 22.0 Å². The molecule has 0 spiro atoms. The zero-order valence-electron chi connectivity index (χ0n) is 14.5. The summed E-state index contributed by atoms with van der Waals surface area (Å²) in [4.78, 5) is 6.60. The number of nitrogens with zero attached hydrogens (tertiary/aromatic N) is 3. The maximum atomic E-state index is 10.2. The second kappa shape index (κ2) is 7.54. The molecule has 1 N–H and O–H groups in total. The first-order chi connectivity index (χ1) is 12.2. The number of piperidine rings is 1. The van der Waals surface area contributed by atoms with Gasteiger partial charge in [0.05, 0.1) is 25.3 Å². The molecule has 25 heavy (non-hydrogen) atoms. The van der Waals surface area contributed by atoms with Crippen molar-refractivity contribution in [2.75, 3.05) is 31.7 Å². The van der Waals surface area contributed by atoms with Gasteiger partial charge in [0.15, 0.2) is 0 Å². The molecule has 0 amide bonds. The molecular weight excluding hydrogens is 314 g/mol. The summed E-state index contributed by atoms with van der Waals surface area (Å²) in [6, 6.07) is 13.7. The molecule has 0 unspecified atom stereocenters. The Morgan fingerprint density at radius 2 is 2.24 bits per heavy atom. The van der Waals surface area contributed by atoms with Gasteiger partial charge >= 0.3 is 0 Å². The molecule has 1 saturated heterocycles. The van der Waals surface area contributed by atoms with Gasteiger partial charge in [-0.15, -0.1) is 0 Å². The third-order valence-electron chi connectivity index (χ3n) is 4.91. The Balaban J connectivity index is 1.81. The van der Waals surface area contributed by atoms with E-state index < -0.39 is 0 Å². The number of aromatic nitrogens is 1. The Bertz CT molecular complexity index is 772. The van der Waals surface area contributed by atoms with Crippen LogP contribution in [-0.4, -0.2) is 36.9 Å². The summed E-state index contributed by atoms with van der Waals surface area (Å²) in [6.07, 6.45) is 4.42. The number of aliphatic hydroxyl groups excluding tert-OH is 1. The molecule has 2 aromatic rings. The molecule has 1 aromatic heterocycles. The molecule has 5 heteroatoms. The highest BCUT2D eigenvalue weighted by molar-refractivity contribution is 5.45. The lowest BCUT2D eigenvalue weighted by Gasteiger charge is -2.42. The van der Waals surface area contributed by atoms with E-state index in [4.69, 9.17) is 10.00 Å². The molecule has 1 aliphatic rings. The normalized spacial score (nSPS) is 20.1. The van der Waals surface area contributed by atoms with Crippen LogP contribution in [0.25, 0.3) is 0 Å². The van der Waals surface area contributed by atoms with Crippen LogP contribution in [0.4, 0.5) is 5.82 Å². The lowest BCUT2D eigenvalue weighted by atomic mass is 9.75. The van der Waals surface area contributed by atoms with Gasteiger partial charge in [-0.2, -0.15) is 5.26 Å². The standard InChI is InChI=1S/C20H23N3O2/c1-25-18-5-2-4-16(10-18)12-20(15-24)7-3-9-23(14-20)19-11-17(13-21)6-8-22-19/h2,4-6,8,10-11,24H,3,7,9,12,14-15H2,1H3/t20-/m0/s1. The van der Waals surface area contributed by atoms with Crippen LogP contribution in [0.3, 0.4) is 0 Å². The number of nitriles is 1. The summed E-state index contributed by atoms with van der Waals surface area (Å²) in [7, 11) is 1.66. The molecule has 3 rings (SSSR count). The smallest absolute Gasteiger partial charge is 0.129 e. The van der Waals surface area contributed by atoms with Gasteiger partial charge in [-0.1, -0.05) is 12.1 Å². The molecule has 5 nitrogen and oxygen atoms in total. The van der Waals surface area contributed by atoms with E-state index in [0.29, 0.717) is 5.56 Å². The third-order valence-corrected chi connectivity index (χ3v) is 4.91. The van der Waals surface area contributed by atoms with Crippen molar-refractivity contribution in [1.29, 1.82) is 5.26 Å². The molecule has 0 aliphatic carbocycles. The van der Waals surface area contributed by atoms with Gasteiger partial charge in [0, 0.05) is 24.7 Å². The van der Waals surface area contributed by atoms with Crippen molar-refractivity contribution in [3.63, 3.8) is 0 Å². The van der Waals surface area contributed by atoms with Crippen LogP contribution in [0.5, 0.6) is 5.75 Å². The van der Waals surface area contributed by atoms with Gasteiger partial charge < -0.3 is 14.7 Å². The van der Waals surface area contributed by atoms with Crippen LogP contribution < -0.4 is 9.64 Å². The van der Waals surface area contributed by atoms with Crippen LogP contribution in [-0.2, 0) is 6.42 Å². The molecule has 130 valence electrons. The van der Waals surface area contributed by atoms with Gasteiger partial charge in [-0.25, -0.2) is 4.98 Å². The first-order valence-electron chi connectivity index (χ1n) is 8.53. The topological polar surface area (TPSA) is 69.4 Å². The Morgan fingerprint density at radius 1 is 1.36 bits per heavy atom. The quantitative estimate of drug-likeness (QED) is 0.908. The van der Waals surface area contributed by atoms with E-state index in [-0.39, 0.29) is 12.0 Å². The number of hydrogen-bond donors (Lipinski definition) is 1. The van der Waals surface area contributed by atoms with Crippen molar-refractivity contribution >= 4 is 5.82 Å². The highest BCUT2D eigenvalue weighted by atomic mass is 16.5. The minimum absolute atomic E-state index is 0.124. The Hall–Kier alpha value is -2.58. The largest absolute Gasteiger partial charge is 0.497 e. The van der Waals surface area contributed by atoms with Gasteiger partial charge in [0.1, 0.15) is 11.6 Å². The summed E-state index contributed by atoms with van der Waals surface area (Å²) < 4.78 is 5.31. The van der Waals surface area contributed by atoms with Gasteiger partial charge in [0.2, 0.25) is 0 Å². The Kier molecular flexibility index (Phi) is 5.20. The summed E-state index contributed by atoms with van der Waals surface area (Å²) in [5.74, 6) is 1.64. The summed E-state index contributed by atoms with van der Waals surface area (Å²) >= 11 is 0. The minimum Gasteiger partial charge on any atom is -0.497 e. The molecule has 1 aliphatic heterocycles. The summed E-state index contributed by atoms with van der Waals surface area (Å²) in [5.41, 5.74) is 1.56. The molecule has 2 heterocycles. The lowest BCUT2D eigenvalue weighted by molar-refractivity contribution is 0.105. The first-order valence-corrected chi connectivity index (χ1v) is 8.53. The highest BCUT2D eigenvalue weighted by Crippen LogP contribution is 2.35. The van der Waals surface area contributed by atoms with Gasteiger partial charge in [0.25, 0.3) is 0 Å². The van der Waals surface area contributed by atoms with Crippen LogP contribution in [0.2, 0.25) is 0 Å². The zero-order valence-corrected chi connectivity index (χ0v) is 14.5.